The van der Waals surface area contributed by atoms with Crippen LogP contribution in [0.2, 0.25) is 0 Å². The lowest BCUT2D eigenvalue weighted by molar-refractivity contribution is 0.729. The summed E-state index contributed by atoms with van der Waals surface area (Å²) in [7, 11) is 3.63. The van der Waals surface area contributed by atoms with Crippen LogP contribution in [0.3, 0.4) is 0 Å². The Morgan fingerprint density at radius 1 is 1.53 bits per heavy atom. The zero-order valence-electron chi connectivity index (χ0n) is 9.83. The van der Waals surface area contributed by atoms with Gasteiger partial charge in [-0.3, -0.25) is 9.67 Å². The van der Waals surface area contributed by atoms with Gasteiger partial charge < -0.3 is 11.1 Å². The number of hydrogen-bond donors (Lipinski definition) is 2. The van der Waals surface area contributed by atoms with Crippen LogP contribution in [0, 0.1) is 13.8 Å². The first-order valence-electron chi connectivity index (χ1n) is 5.01. The van der Waals surface area contributed by atoms with Gasteiger partial charge in [-0.25, -0.2) is 0 Å². The van der Waals surface area contributed by atoms with Crippen LogP contribution in [0.4, 0.5) is 0 Å². The molecule has 3 N–H and O–H groups in total. The second kappa shape index (κ2) is 4.82. The molecule has 1 heterocycles. The first kappa shape index (κ1) is 11.6. The summed E-state index contributed by atoms with van der Waals surface area (Å²) >= 11 is 0. The van der Waals surface area contributed by atoms with Crippen molar-refractivity contribution in [1.82, 2.24) is 15.1 Å². The Morgan fingerprint density at radius 3 is 2.67 bits per heavy atom. The third-order valence-electron chi connectivity index (χ3n) is 2.58. The van der Waals surface area contributed by atoms with Crippen LogP contribution in [0.15, 0.2) is 4.99 Å². The molecule has 0 aliphatic heterocycles. The standard InChI is InChI=1S/C10H19N5/c1-7-9(8(2)15(4)14-7)5-6-13-10(11)12-3/h5-6H2,1-4H3,(H3,11,12,13). The minimum absolute atomic E-state index is 0.481. The van der Waals surface area contributed by atoms with Crippen LogP contribution < -0.4 is 11.1 Å². The number of nitrogens with two attached hydrogens (primary N) is 1. The van der Waals surface area contributed by atoms with E-state index in [0.29, 0.717) is 5.96 Å². The average molecular weight is 209 g/mol. The molecule has 0 fully saturated rings. The highest BCUT2D eigenvalue weighted by atomic mass is 15.3. The van der Waals surface area contributed by atoms with Crippen molar-refractivity contribution in [3.05, 3.63) is 17.0 Å². The van der Waals surface area contributed by atoms with E-state index < -0.39 is 0 Å². The lowest BCUT2D eigenvalue weighted by Gasteiger charge is -2.05. The average Bonchev–Trinajstić information content (AvgIpc) is 2.44. The molecular weight excluding hydrogens is 190 g/mol. The predicted molar refractivity (Wildman–Crippen MR) is 61.9 cm³/mol. The third-order valence-corrected chi connectivity index (χ3v) is 2.58. The minimum atomic E-state index is 0.481. The molecule has 1 aromatic rings. The molecule has 15 heavy (non-hydrogen) atoms. The molecule has 0 aromatic carbocycles. The van der Waals surface area contributed by atoms with Crippen LogP contribution in [-0.4, -0.2) is 29.3 Å². The van der Waals surface area contributed by atoms with Gasteiger partial charge in [0.15, 0.2) is 5.96 Å². The Bertz CT molecular complexity index is 364. The number of guanidine groups is 1. The van der Waals surface area contributed by atoms with Gasteiger partial charge in [-0.05, 0) is 25.8 Å². The first-order chi connectivity index (χ1) is 7.06. The molecule has 0 saturated carbocycles. The second-order valence-electron chi connectivity index (χ2n) is 3.56. The van der Waals surface area contributed by atoms with Crippen LogP contribution in [-0.2, 0) is 13.5 Å². The molecular formula is C10H19N5. The van der Waals surface area contributed by atoms with E-state index in [2.05, 4.69) is 22.3 Å². The molecule has 5 heteroatoms. The summed E-state index contributed by atoms with van der Waals surface area (Å²) in [4.78, 5) is 3.83. The van der Waals surface area contributed by atoms with E-state index in [1.807, 2.05) is 18.7 Å². The minimum Gasteiger partial charge on any atom is -0.370 e. The fourth-order valence-electron chi connectivity index (χ4n) is 1.57. The van der Waals surface area contributed by atoms with Gasteiger partial charge >= 0.3 is 0 Å². The SMILES string of the molecule is CN=C(N)NCCc1c(C)nn(C)c1C. The fourth-order valence-corrected chi connectivity index (χ4v) is 1.57. The number of nitrogens with zero attached hydrogens (tertiary/aromatic N) is 3. The number of aromatic nitrogens is 2. The highest BCUT2D eigenvalue weighted by Crippen LogP contribution is 2.11. The lowest BCUT2D eigenvalue weighted by Crippen LogP contribution is -2.33. The van der Waals surface area contributed by atoms with Gasteiger partial charge in [0.1, 0.15) is 0 Å². The zero-order chi connectivity index (χ0) is 11.4. The Morgan fingerprint density at radius 2 is 2.20 bits per heavy atom. The summed E-state index contributed by atoms with van der Waals surface area (Å²) in [5, 5.41) is 7.39. The molecule has 0 spiro atoms. The smallest absolute Gasteiger partial charge is 0.188 e. The third kappa shape index (κ3) is 2.71. The van der Waals surface area contributed by atoms with Crippen molar-refractivity contribution in [2.45, 2.75) is 20.3 Å². The molecule has 0 bridgehead atoms. The van der Waals surface area contributed by atoms with Gasteiger partial charge in [0.05, 0.1) is 5.69 Å². The molecule has 0 amide bonds. The summed E-state index contributed by atoms with van der Waals surface area (Å²) in [5.74, 6) is 0.481. The van der Waals surface area contributed by atoms with Crippen LogP contribution >= 0.6 is 0 Å². The summed E-state index contributed by atoms with van der Waals surface area (Å²) in [6.45, 7) is 4.89. The van der Waals surface area contributed by atoms with Gasteiger partial charge in [-0.2, -0.15) is 5.10 Å². The van der Waals surface area contributed by atoms with Gasteiger partial charge in [-0.15, -0.1) is 0 Å². The van der Waals surface area contributed by atoms with Crippen molar-refractivity contribution < 1.29 is 0 Å². The van der Waals surface area contributed by atoms with Crippen molar-refractivity contribution in [1.29, 1.82) is 0 Å². The van der Waals surface area contributed by atoms with Gasteiger partial charge in [0.2, 0.25) is 0 Å². The first-order valence-corrected chi connectivity index (χ1v) is 5.01. The molecule has 0 saturated heterocycles. The number of aryl methyl sites for hydroxylation is 2. The van der Waals surface area contributed by atoms with E-state index in [1.54, 1.807) is 7.05 Å². The molecule has 1 aromatic heterocycles. The summed E-state index contributed by atoms with van der Waals surface area (Å²) in [5.41, 5.74) is 9.12. The Kier molecular flexibility index (Phi) is 3.71. The highest BCUT2D eigenvalue weighted by molar-refractivity contribution is 5.77. The van der Waals surface area contributed by atoms with Crippen LogP contribution in [0.1, 0.15) is 17.0 Å². The predicted octanol–water partition coefficient (Wildman–Crippen LogP) is 0.114. The van der Waals surface area contributed by atoms with E-state index in [1.165, 1.54) is 11.3 Å². The Hall–Kier alpha value is -1.52. The number of aliphatic imine (C=N–C) groups is 1. The number of nitrogens with one attached hydrogen (secondary N) is 1. The molecule has 0 radical (unpaired) electrons. The fraction of sp³-hybridized carbons (Fsp3) is 0.600. The van der Waals surface area contributed by atoms with E-state index in [-0.39, 0.29) is 0 Å². The van der Waals surface area contributed by atoms with Gasteiger partial charge in [0.25, 0.3) is 0 Å². The quantitative estimate of drug-likeness (QED) is 0.548. The summed E-state index contributed by atoms with van der Waals surface area (Å²) < 4.78 is 1.90. The molecule has 84 valence electrons. The zero-order valence-corrected chi connectivity index (χ0v) is 9.83. The number of hydrogen-bond acceptors (Lipinski definition) is 2. The second-order valence-corrected chi connectivity index (χ2v) is 3.56. The maximum Gasteiger partial charge on any atom is 0.188 e. The number of rotatable bonds is 3. The van der Waals surface area contributed by atoms with E-state index in [4.69, 9.17) is 5.73 Å². The largest absolute Gasteiger partial charge is 0.370 e. The van der Waals surface area contributed by atoms with E-state index in [0.717, 1.165) is 18.7 Å². The molecule has 0 aliphatic rings. The summed E-state index contributed by atoms with van der Waals surface area (Å²) in [6.07, 6.45) is 0.918. The van der Waals surface area contributed by atoms with Gasteiger partial charge in [-0.1, -0.05) is 0 Å². The normalized spacial score (nSPS) is 11.9. The summed E-state index contributed by atoms with van der Waals surface area (Å²) in [6, 6.07) is 0. The molecule has 5 nitrogen and oxygen atoms in total. The van der Waals surface area contributed by atoms with Crippen LogP contribution in [0.5, 0.6) is 0 Å². The maximum atomic E-state index is 5.54. The lowest BCUT2D eigenvalue weighted by atomic mass is 10.1. The van der Waals surface area contributed by atoms with Crippen molar-refractivity contribution in [2.24, 2.45) is 17.8 Å². The molecule has 0 aliphatic carbocycles. The molecule has 0 unspecified atom stereocenters. The maximum absolute atomic E-state index is 5.54. The van der Waals surface area contributed by atoms with Crippen molar-refractivity contribution in [3.63, 3.8) is 0 Å². The van der Waals surface area contributed by atoms with Crippen LogP contribution in [0.25, 0.3) is 0 Å². The van der Waals surface area contributed by atoms with Crippen molar-refractivity contribution in [3.8, 4) is 0 Å². The van der Waals surface area contributed by atoms with Gasteiger partial charge in [0, 0.05) is 26.3 Å². The Balaban J connectivity index is 2.58. The van der Waals surface area contributed by atoms with E-state index in [9.17, 15) is 0 Å². The topological polar surface area (TPSA) is 68.2 Å². The molecule has 0 atom stereocenters. The highest BCUT2D eigenvalue weighted by Gasteiger charge is 2.08. The Labute approximate surface area is 90.4 Å². The molecule has 1 rings (SSSR count). The van der Waals surface area contributed by atoms with Crippen molar-refractivity contribution in [2.75, 3.05) is 13.6 Å². The monoisotopic (exact) mass is 209 g/mol. The van der Waals surface area contributed by atoms with E-state index >= 15 is 0 Å². The van der Waals surface area contributed by atoms with Crippen molar-refractivity contribution >= 4 is 5.96 Å².